The first-order valence-corrected chi connectivity index (χ1v) is 6.75. The number of hydrogen-bond acceptors (Lipinski definition) is 4. The van der Waals surface area contributed by atoms with Gasteiger partial charge in [-0.15, -0.1) is 0 Å². The average Bonchev–Trinajstić information content (AvgIpc) is 2.46. The van der Waals surface area contributed by atoms with Crippen molar-refractivity contribution in [3.8, 4) is 5.88 Å². The zero-order valence-corrected chi connectivity index (χ0v) is 11.2. The Morgan fingerprint density at radius 2 is 2.53 bits per heavy atom. The maximum absolute atomic E-state index is 11.9. The molecule has 0 radical (unpaired) electrons. The van der Waals surface area contributed by atoms with E-state index in [1.54, 1.807) is 12.3 Å². The third kappa shape index (κ3) is 4.08. The van der Waals surface area contributed by atoms with E-state index in [1.807, 2.05) is 11.8 Å². The molecule has 6 nitrogen and oxygen atoms in total. The summed E-state index contributed by atoms with van der Waals surface area (Å²) in [5, 5.41) is 2.89. The van der Waals surface area contributed by atoms with E-state index in [0.29, 0.717) is 19.0 Å². The van der Waals surface area contributed by atoms with E-state index in [4.69, 9.17) is 4.74 Å². The van der Waals surface area contributed by atoms with Gasteiger partial charge < -0.3 is 15.0 Å². The lowest BCUT2D eigenvalue weighted by molar-refractivity contribution is 0.0977. The van der Waals surface area contributed by atoms with Crippen molar-refractivity contribution < 1.29 is 9.53 Å². The average molecular weight is 264 g/mol. The summed E-state index contributed by atoms with van der Waals surface area (Å²) in [4.78, 5) is 21.6. The molecule has 2 heterocycles. The Bertz CT molecular complexity index is 399. The molecular formula is C13H20N4O2. The van der Waals surface area contributed by atoms with E-state index in [-0.39, 0.29) is 12.1 Å². The van der Waals surface area contributed by atoms with Gasteiger partial charge in [0.25, 0.3) is 0 Å². The van der Waals surface area contributed by atoms with Crippen LogP contribution in [0.15, 0.2) is 18.6 Å². The van der Waals surface area contributed by atoms with Crippen LogP contribution in [0.3, 0.4) is 0 Å². The van der Waals surface area contributed by atoms with Crippen LogP contribution in [0.25, 0.3) is 0 Å². The molecule has 2 amide bonds. The summed E-state index contributed by atoms with van der Waals surface area (Å²) < 4.78 is 5.77. The van der Waals surface area contributed by atoms with Gasteiger partial charge in [0.15, 0.2) is 0 Å². The van der Waals surface area contributed by atoms with Gasteiger partial charge in [0.2, 0.25) is 5.88 Å². The Hall–Kier alpha value is -1.85. The molecule has 0 bridgehead atoms. The lowest BCUT2D eigenvalue weighted by Crippen LogP contribution is -2.48. The van der Waals surface area contributed by atoms with Crippen LogP contribution in [0.4, 0.5) is 4.79 Å². The normalized spacial score (nSPS) is 19.0. The van der Waals surface area contributed by atoms with Gasteiger partial charge in [-0.2, -0.15) is 0 Å². The Balaban J connectivity index is 1.85. The largest absolute Gasteiger partial charge is 0.472 e. The molecular weight excluding hydrogens is 244 g/mol. The molecule has 1 aliphatic rings. The predicted octanol–water partition coefficient (Wildman–Crippen LogP) is 1.44. The Morgan fingerprint density at radius 1 is 1.63 bits per heavy atom. The number of carbonyl (C=O) groups is 1. The lowest BCUT2D eigenvalue weighted by Gasteiger charge is -2.32. The summed E-state index contributed by atoms with van der Waals surface area (Å²) in [5.74, 6) is 0.566. The number of nitrogens with one attached hydrogen (secondary N) is 1. The molecule has 1 aliphatic heterocycles. The molecule has 19 heavy (non-hydrogen) atoms. The van der Waals surface area contributed by atoms with Crippen LogP contribution in [-0.2, 0) is 0 Å². The van der Waals surface area contributed by atoms with E-state index in [0.717, 1.165) is 25.8 Å². The van der Waals surface area contributed by atoms with Gasteiger partial charge in [-0.05, 0) is 19.3 Å². The summed E-state index contributed by atoms with van der Waals surface area (Å²) >= 11 is 0. The molecule has 1 atom stereocenters. The molecule has 1 N–H and O–H groups in total. The first kappa shape index (κ1) is 13.6. The van der Waals surface area contributed by atoms with Crippen LogP contribution in [0, 0.1) is 0 Å². The maximum Gasteiger partial charge on any atom is 0.317 e. The number of amides is 2. The molecule has 1 aromatic heterocycles. The van der Waals surface area contributed by atoms with Crippen molar-refractivity contribution in [1.29, 1.82) is 0 Å². The fourth-order valence-electron chi connectivity index (χ4n) is 2.08. The zero-order chi connectivity index (χ0) is 13.5. The molecule has 0 aromatic carbocycles. The quantitative estimate of drug-likeness (QED) is 0.893. The maximum atomic E-state index is 11.9. The summed E-state index contributed by atoms with van der Waals surface area (Å²) in [6, 6.07) is 1.73. The summed E-state index contributed by atoms with van der Waals surface area (Å²) in [6.45, 7) is 4.16. The van der Waals surface area contributed by atoms with Crippen molar-refractivity contribution in [2.24, 2.45) is 0 Å². The van der Waals surface area contributed by atoms with Gasteiger partial charge in [-0.1, -0.05) is 6.92 Å². The first-order valence-electron chi connectivity index (χ1n) is 6.75. The van der Waals surface area contributed by atoms with Gasteiger partial charge in [-0.3, -0.25) is 0 Å². The van der Waals surface area contributed by atoms with E-state index in [2.05, 4.69) is 15.3 Å². The van der Waals surface area contributed by atoms with Crippen molar-refractivity contribution in [3.63, 3.8) is 0 Å². The fourth-order valence-corrected chi connectivity index (χ4v) is 2.08. The third-order valence-electron chi connectivity index (χ3n) is 3.03. The monoisotopic (exact) mass is 264 g/mol. The minimum absolute atomic E-state index is 0.00200. The smallest absolute Gasteiger partial charge is 0.317 e. The van der Waals surface area contributed by atoms with Gasteiger partial charge in [0.1, 0.15) is 12.4 Å². The number of likely N-dealkylation sites (tertiary alicyclic amines) is 1. The Morgan fingerprint density at radius 3 is 3.26 bits per heavy atom. The van der Waals surface area contributed by atoms with E-state index in [1.165, 1.54) is 6.33 Å². The third-order valence-corrected chi connectivity index (χ3v) is 3.03. The molecule has 1 unspecified atom stereocenters. The molecule has 0 saturated carbocycles. The molecule has 1 aromatic rings. The number of hydrogen-bond donors (Lipinski definition) is 1. The Labute approximate surface area is 113 Å². The lowest BCUT2D eigenvalue weighted by atomic mass is 10.1. The predicted molar refractivity (Wildman–Crippen MR) is 70.9 cm³/mol. The topological polar surface area (TPSA) is 67.4 Å². The SMILES string of the molecule is CCCNC(=O)N1CCCC(Oc2ccncn2)C1. The summed E-state index contributed by atoms with van der Waals surface area (Å²) in [6.07, 6.45) is 5.97. The highest BCUT2D eigenvalue weighted by molar-refractivity contribution is 5.74. The van der Waals surface area contributed by atoms with E-state index in [9.17, 15) is 4.79 Å². The van der Waals surface area contributed by atoms with Gasteiger partial charge in [0.05, 0.1) is 6.54 Å². The summed E-state index contributed by atoms with van der Waals surface area (Å²) in [5.41, 5.74) is 0. The van der Waals surface area contributed by atoms with Gasteiger partial charge in [-0.25, -0.2) is 14.8 Å². The van der Waals surface area contributed by atoms with Crippen molar-refractivity contribution in [2.75, 3.05) is 19.6 Å². The van der Waals surface area contributed by atoms with Crippen molar-refractivity contribution in [2.45, 2.75) is 32.3 Å². The zero-order valence-electron chi connectivity index (χ0n) is 11.2. The van der Waals surface area contributed by atoms with Crippen molar-refractivity contribution in [3.05, 3.63) is 18.6 Å². The molecule has 6 heteroatoms. The van der Waals surface area contributed by atoms with Gasteiger partial charge in [0, 0.05) is 25.4 Å². The van der Waals surface area contributed by atoms with Crippen LogP contribution in [0.2, 0.25) is 0 Å². The van der Waals surface area contributed by atoms with E-state index >= 15 is 0 Å². The molecule has 2 rings (SSSR count). The number of piperidine rings is 1. The van der Waals surface area contributed by atoms with Crippen LogP contribution in [0.1, 0.15) is 26.2 Å². The second-order valence-corrected chi connectivity index (χ2v) is 4.61. The second-order valence-electron chi connectivity index (χ2n) is 4.61. The highest BCUT2D eigenvalue weighted by Gasteiger charge is 2.24. The number of aromatic nitrogens is 2. The molecule has 104 valence electrons. The number of rotatable bonds is 4. The number of urea groups is 1. The molecule has 0 aliphatic carbocycles. The van der Waals surface area contributed by atoms with Crippen LogP contribution >= 0.6 is 0 Å². The van der Waals surface area contributed by atoms with Crippen molar-refractivity contribution in [1.82, 2.24) is 20.2 Å². The summed E-state index contributed by atoms with van der Waals surface area (Å²) in [7, 11) is 0. The van der Waals surface area contributed by atoms with Crippen LogP contribution < -0.4 is 10.1 Å². The highest BCUT2D eigenvalue weighted by Crippen LogP contribution is 2.15. The first-order chi connectivity index (χ1) is 9.29. The van der Waals surface area contributed by atoms with Crippen LogP contribution in [0.5, 0.6) is 5.88 Å². The molecule has 0 spiro atoms. The highest BCUT2D eigenvalue weighted by atomic mass is 16.5. The minimum Gasteiger partial charge on any atom is -0.472 e. The second kappa shape index (κ2) is 6.92. The minimum atomic E-state index is -0.00200. The number of carbonyl (C=O) groups excluding carboxylic acids is 1. The molecule has 1 fully saturated rings. The Kier molecular flexibility index (Phi) is 4.94. The van der Waals surface area contributed by atoms with Gasteiger partial charge >= 0.3 is 6.03 Å². The molecule has 1 saturated heterocycles. The number of nitrogens with zero attached hydrogens (tertiary/aromatic N) is 3. The standard InChI is InChI=1S/C13H20N4O2/c1-2-6-15-13(18)17-8-3-4-11(9-17)19-12-5-7-14-10-16-12/h5,7,10-11H,2-4,6,8-9H2,1H3,(H,15,18). The van der Waals surface area contributed by atoms with Crippen LogP contribution in [-0.4, -0.2) is 46.6 Å². The van der Waals surface area contributed by atoms with E-state index < -0.39 is 0 Å². The fraction of sp³-hybridized carbons (Fsp3) is 0.615. The number of ether oxygens (including phenoxy) is 1. The van der Waals surface area contributed by atoms with Crippen molar-refractivity contribution >= 4 is 6.03 Å².